The molecule has 0 aromatic heterocycles. The van der Waals surface area contributed by atoms with Crippen molar-refractivity contribution in [2.24, 2.45) is 0 Å². The van der Waals surface area contributed by atoms with E-state index in [1.54, 1.807) is 0 Å². The van der Waals surface area contributed by atoms with Crippen LogP contribution in [0.1, 0.15) is 33.1 Å². The summed E-state index contributed by atoms with van der Waals surface area (Å²) in [4.78, 5) is 15.9. The molecule has 0 saturated carbocycles. The first-order chi connectivity index (χ1) is 8.06. The lowest BCUT2D eigenvalue weighted by molar-refractivity contribution is -0.151. The lowest BCUT2D eigenvalue weighted by Gasteiger charge is -2.38. The summed E-state index contributed by atoms with van der Waals surface area (Å²) < 4.78 is 4.77. The summed E-state index contributed by atoms with van der Waals surface area (Å²) in [6.45, 7) is 7.62. The molecule has 0 bridgehead atoms. The molecular weight excluding hydrogens is 216 g/mol. The van der Waals surface area contributed by atoms with Gasteiger partial charge < -0.3 is 9.64 Å². The van der Waals surface area contributed by atoms with Crippen LogP contribution in [0.15, 0.2) is 0 Å². The molecule has 0 N–H and O–H groups in total. The quantitative estimate of drug-likeness (QED) is 0.498. The van der Waals surface area contributed by atoms with Crippen molar-refractivity contribution in [2.45, 2.75) is 45.2 Å². The monoisotopic (exact) mass is 242 g/mol. The lowest BCUT2D eigenvalue weighted by Crippen LogP contribution is -2.53. The van der Waals surface area contributed by atoms with Crippen LogP contribution >= 0.6 is 0 Å². The predicted octanol–water partition coefficient (Wildman–Crippen LogP) is 1.35. The molecule has 1 aliphatic rings. The van der Waals surface area contributed by atoms with Gasteiger partial charge in [-0.25, -0.2) is 0 Å². The van der Waals surface area contributed by atoms with E-state index in [1.165, 1.54) is 13.5 Å². The fraction of sp³-hybridized carbons (Fsp3) is 0.923. The summed E-state index contributed by atoms with van der Waals surface area (Å²) in [6, 6.07) is 0.643. The molecule has 0 aliphatic carbocycles. The molecule has 0 amide bonds. The van der Waals surface area contributed by atoms with Crippen molar-refractivity contribution in [2.75, 3.05) is 33.8 Å². The Morgan fingerprint density at radius 3 is 2.65 bits per heavy atom. The van der Waals surface area contributed by atoms with E-state index in [0.717, 1.165) is 32.5 Å². The fourth-order valence-corrected chi connectivity index (χ4v) is 2.05. The number of methoxy groups -OCH3 is 1. The van der Waals surface area contributed by atoms with Crippen LogP contribution in [0.3, 0.4) is 0 Å². The van der Waals surface area contributed by atoms with Crippen LogP contribution in [0, 0.1) is 0 Å². The number of rotatable bonds is 7. The molecule has 1 aliphatic heterocycles. The van der Waals surface area contributed by atoms with Gasteiger partial charge in [0.2, 0.25) is 0 Å². The zero-order chi connectivity index (χ0) is 12.8. The van der Waals surface area contributed by atoms with Crippen molar-refractivity contribution in [3.05, 3.63) is 0 Å². The average Bonchev–Trinajstić information content (AvgIpc) is 2.26. The number of carbonyl (C=O) groups is 1. The highest BCUT2D eigenvalue weighted by atomic mass is 16.5. The minimum Gasteiger partial charge on any atom is -0.468 e. The molecule has 0 spiro atoms. The van der Waals surface area contributed by atoms with Crippen molar-refractivity contribution in [3.8, 4) is 0 Å². The maximum atomic E-state index is 11.4. The van der Waals surface area contributed by atoms with Crippen LogP contribution in [0.25, 0.3) is 0 Å². The number of hydrogen-bond acceptors (Lipinski definition) is 4. The molecule has 100 valence electrons. The van der Waals surface area contributed by atoms with Gasteiger partial charge in [-0.15, -0.1) is 0 Å². The summed E-state index contributed by atoms with van der Waals surface area (Å²) in [7, 11) is 3.63. The van der Waals surface area contributed by atoms with E-state index in [4.69, 9.17) is 4.74 Å². The smallest absolute Gasteiger partial charge is 0.323 e. The fourth-order valence-electron chi connectivity index (χ4n) is 2.05. The van der Waals surface area contributed by atoms with E-state index in [2.05, 4.69) is 30.7 Å². The second kappa shape index (κ2) is 6.97. The van der Waals surface area contributed by atoms with Crippen molar-refractivity contribution in [3.63, 3.8) is 0 Å². The molecule has 0 aromatic carbocycles. The van der Waals surface area contributed by atoms with E-state index in [0.29, 0.717) is 6.04 Å². The first kappa shape index (κ1) is 14.5. The van der Waals surface area contributed by atoms with Gasteiger partial charge >= 0.3 is 5.97 Å². The van der Waals surface area contributed by atoms with Gasteiger partial charge in [0.1, 0.15) is 6.04 Å². The van der Waals surface area contributed by atoms with E-state index in [-0.39, 0.29) is 12.0 Å². The third kappa shape index (κ3) is 4.28. The van der Waals surface area contributed by atoms with Gasteiger partial charge in [-0.05, 0) is 53.2 Å². The number of ether oxygens (including phenoxy) is 1. The lowest BCUT2D eigenvalue weighted by atomic mass is 10.0. The molecule has 0 radical (unpaired) electrons. The second-order valence-corrected chi connectivity index (χ2v) is 5.15. The molecule has 4 heteroatoms. The zero-order valence-electron chi connectivity index (χ0n) is 11.6. The van der Waals surface area contributed by atoms with Crippen molar-refractivity contribution < 1.29 is 9.53 Å². The molecule has 1 rings (SSSR count). The number of nitrogens with zero attached hydrogens (tertiary/aromatic N) is 2. The Labute approximate surface area is 105 Å². The van der Waals surface area contributed by atoms with E-state index >= 15 is 0 Å². The van der Waals surface area contributed by atoms with Crippen LogP contribution in [-0.4, -0.2) is 61.6 Å². The summed E-state index contributed by atoms with van der Waals surface area (Å²) >= 11 is 0. The largest absolute Gasteiger partial charge is 0.468 e. The van der Waals surface area contributed by atoms with Gasteiger partial charge in [-0.1, -0.05) is 0 Å². The highest BCUT2D eigenvalue weighted by Gasteiger charge is 2.34. The van der Waals surface area contributed by atoms with Gasteiger partial charge in [0.15, 0.2) is 0 Å². The molecular formula is C13H26N2O2. The van der Waals surface area contributed by atoms with E-state index in [9.17, 15) is 4.79 Å². The third-order valence-electron chi connectivity index (χ3n) is 3.69. The Kier molecular flexibility index (Phi) is 5.92. The standard InChI is InChI=1S/C13H26N2O2/c1-11(2)14(3)8-5-6-9-15-10-7-12(15)13(16)17-4/h11-12H,5-10H2,1-4H3. The minimum atomic E-state index is -0.0736. The highest BCUT2D eigenvalue weighted by molar-refractivity contribution is 5.76. The first-order valence-corrected chi connectivity index (χ1v) is 6.58. The summed E-state index contributed by atoms with van der Waals surface area (Å²) in [6.07, 6.45) is 3.31. The van der Waals surface area contributed by atoms with Crippen molar-refractivity contribution >= 4 is 5.97 Å². The SMILES string of the molecule is COC(=O)C1CCN1CCCCN(C)C(C)C. The number of hydrogen-bond donors (Lipinski definition) is 0. The third-order valence-corrected chi connectivity index (χ3v) is 3.69. The summed E-state index contributed by atoms with van der Waals surface area (Å²) in [5.41, 5.74) is 0. The van der Waals surface area contributed by atoms with Crippen LogP contribution < -0.4 is 0 Å². The average molecular weight is 242 g/mol. The summed E-state index contributed by atoms with van der Waals surface area (Å²) in [5.74, 6) is -0.0736. The Balaban J connectivity index is 2.09. The van der Waals surface area contributed by atoms with Gasteiger partial charge in [0, 0.05) is 12.6 Å². The number of unbranched alkanes of at least 4 members (excludes halogenated alkanes) is 1. The van der Waals surface area contributed by atoms with E-state index < -0.39 is 0 Å². The Bertz CT molecular complexity index is 244. The molecule has 4 nitrogen and oxygen atoms in total. The normalized spacial score (nSPS) is 20.7. The molecule has 1 fully saturated rings. The minimum absolute atomic E-state index is 0.0304. The van der Waals surface area contributed by atoms with Crippen LogP contribution in [0.4, 0.5) is 0 Å². The van der Waals surface area contributed by atoms with Gasteiger partial charge in [-0.3, -0.25) is 9.69 Å². The van der Waals surface area contributed by atoms with Crippen LogP contribution in [0.5, 0.6) is 0 Å². The molecule has 1 heterocycles. The van der Waals surface area contributed by atoms with Crippen molar-refractivity contribution in [1.82, 2.24) is 9.80 Å². The molecule has 1 atom stereocenters. The Morgan fingerprint density at radius 2 is 2.18 bits per heavy atom. The van der Waals surface area contributed by atoms with Crippen molar-refractivity contribution in [1.29, 1.82) is 0 Å². The molecule has 1 unspecified atom stereocenters. The highest BCUT2D eigenvalue weighted by Crippen LogP contribution is 2.18. The van der Waals surface area contributed by atoms with Crippen LogP contribution in [0.2, 0.25) is 0 Å². The van der Waals surface area contributed by atoms with Gasteiger partial charge in [0.25, 0.3) is 0 Å². The maximum Gasteiger partial charge on any atom is 0.323 e. The number of likely N-dealkylation sites (tertiary alicyclic amines) is 1. The summed E-state index contributed by atoms with van der Waals surface area (Å²) in [5, 5.41) is 0. The first-order valence-electron chi connectivity index (χ1n) is 6.58. The van der Waals surface area contributed by atoms with Gasteiger partial charge in [0.05, 0.1) is 7.11 Å². The molecule has 17 heavy (non-hydrogen) atoms. The van der Waals surface area contributed by atoms with E-state index in [1.807, 2.05) is 0 Å². The topological polar surface area (TPSA) is 32.8 Å². The number of esters is 1. The Morgan fingerprint density at radius 1 is 1.47 bits per heavy atom. The number of carbonyl (C=O) groups excluding carboxylic acids is 1. The predicted molar refractivity (Wildman–Crippen MR) is 69.0 cm³/mol. The molecule has 1 saturated heterocycles. The maximum absolute atomic E-state index is 11.4. The Hall–Kier alpha value is -0.610. The molecule has 0 aromatic rings. The second-order valence-electron chi connectivity index (χ2n) is 5.15. The van der Waals surface area contributed by atoms with Crippen LogP contribution in [-0.2, 0) is 9.53 Å². The van der Waals surface area contributed by atoms with Gasteiger partial charge in [-0.2, -0.15) is 0 Å². The zero-order valence-corrected chi connectivity index (χ0v) is 11.6.